The van der Waals surface area contributed by atoms with Crippen LogP contribution in [0.4, 0.5) is 5.95 Å². The summed E-state index contributed by atoms with van der Waals surface area (Å²) in [5, 5.41) is 4.42. The molecule has 1 heterocycles. The number of anilines is 1. The zero-order valence-corrected chi connectivity index (χ0v) is 11.0. The van der Waals surface area contributed by atoms with Crippen LogP contribution >= 0.6 is 11.8 Å². The van der Waals surface area contributed by atoms with E-state index in [1.165, 1.54) is 25.0 Å². The average Bonchev–Trinajstić information content (AvgIpc) is 2.89. The molecular formula is C12H21N3S. The van der Waals surface area contributed by atoms with Crippen LogP contribution in [0.2, 0.25) is 0 Å². The van der Waals surface area contributed by atoms with Crippen molar-refractivity contribution in [3.8, 4) is 0 Å². The van der Waals surface area contributed by atoms with Crippen molar-refractivity contribution in [2.45, 2.75) is 50.9 Å². The average molecular weight is 239 g/mol. The Morgan fingerprint density at radius 1 is 1.50 bits per heavy atom. The van der Waals surface area contributed by atoms with Crippen molar-refractivity contribution in [3.63, 3.8) is 0 Å². The molecular weight excluding hydrogens is 218 g/mol. The molecule has 16 heavy (non-hydrogen) atoms. The van der Waals surface area contributed by atoms with Gasteiger partial charge in [0.25, 0.3) is 0 Å². The maximum Gasteiger partial charge on any atom is 0.202 e. The summed E-state index contributed by atoms with van der Waals surface area (Å²) in [5.74, 6) is 2.27. The van der Waals surface area contributed by atoms with Crippen LogP contribution in [-0.4, -0.2) is 26.6 Å². The third-order valence-electron chi connectivity index (χ3n) is 3.18. The molecule has 90 valence electrons. The van der Waals surface area contributed by atoms with Crippen molar-refractivity contribution in [2.24, 2.45) is 0 Å². The van der Waals surface area contributed by atoms with Gasteiger partial charge in [0.1, 0.15) is 0 Å². The van der Waals surface area contributed by atoms with E-state index in [0.717, 1.165) is 17.7 Å². The summed E-state index contributed by atoms with van der Waals surface area (Å²) >= 11 is 2.10. The quantitative estimate of drug-likeness (QED) is 0.856. The second-order valence-electron chi connectivity index (χ2n) is 4.27. The summed E-state index contributed by atoms with van der Waals surface area (Å²) in [4.78, 5) is 4.37. The maximum absolute atomic E-state index is 4.37. The van der Waals surface area contributed by atoms with E-state index in [-0.39, 0.29) is 0 Å². The van der Waals surface area contributed by atoms with Crippen molar-refractivity contribution in [2.75, 3.05) is 11.1 Å². The summed E-state index contributed by atoms with van der Waals surface area (Å²) in [5.41, 5.74) is 0. The smallest absolute Gasteiger partial charge is 0.202 e. The molecule has 2 rings (SSSR count). The minimum Gasteiger partial charge on any atom is -0.353 e. The Morgan fingerprint density at radius 3 is 3.12 bits per heavy atom. The van der Waals surface area contributed by atoms with Gasteiger partial charge in [0.05, 0.1) is 0 Å². The van der Waals surface area contributed by atoms with Gasteiger partial charge in [-0.05, 0) is 31.9 Å². The first-order valence-electron chi connectivity index (χ1n) is 6.22. The van der Waals surface area contributed by atoms with Crippen molar-refractivity contribution in [1.82, 2.24) is 9.55 Å². The van der Waals surface area contributed by atoms with Crippen LogP contribution in [0.15, 0.2) is 12.4 Å². The molecule has 1 N–H and O–H groups in total. The molecule has 4 heteroatoms. The lowest BCUT2D eigenvalue weighted by Crippen LogP contribution is -2.19. The largest absolute Gasteiger partial charge is 0.353 e. The van der Waals surface area contributed by atoms with Crippen molar-refractivity contribution < 1.29 is 0 Å². The van der Waals surface area contributed by atoms with E-state index in [1.54, 1.807) is 0 Å². The van der Waals surface area contributed by atoms with Crippen LogP contribution in [0.1, 0.15) is 33.1 Å². The standard InChI is InChI=1S/C12H21N3S/c1-3-15-8-7-13-12(15)14-10-5-6-11(9-10)16-4-2/h7-8,10-11H,3-6,9H2,1-2H3,(H,13,14). The summed E-state index contributed by atoms with van der Waals surface area (Å²) < 4.78 is 2.17. The van der Waals surface area contributed by atoms with Gasteiger partial charge >= 0.3 is 0 Å². The molecule has 0 aliphatic heterocycles. The van der Waals surface area contributed by atoms with Crippen molar-refractivity contribution in [1.29, 1.82) is 0 Å². The normalized spacial score (nSPS) is 24.9. The Kier molecular flexibility index (Phi) is 4.16. The van der Waals surface area contributed by atoms with Crippen molar-refractivity contribution >= 4 is 17.7 Å². The number of hydrogen-bond acceptors (Lipinski definition) is 3. The number of rotatable bonds is 5. The molecule has 0 bridgehead atoms. The van der Waals surface area contributed by atoms with Gasteiger partial charge in [-0.15, -0.1) is 0 Å². The fourth-order valence-electron chi connectivity index (χ4n) is 2.35. The third-order valence-corrected chi connectivity index (χ3v) is 4.41. The predicted octanol–water partition coefficient (Wildman–Crippen LogP) is 2.99. The molecule has 1 saturated carbocycles. The predicted molar refractivity (Wildman–Crippen MR) is 71.1 cm³/mol. The lowest BCUT2D eigenvalue weighted by molar-refractivity contribution is 0.706. The molecule has 3 nitrogen and oxygen atoms in total. The van der Waals surface area contributed by atoms with Crippen LogP contribution in [0.3, 0.4) is 0 Å². The fourth-order valence-corrected chi connectivity index (χ4v) is 3.49. The van der Waals surface area contributed by atoms with Crippen LogP contribution in [-0.2, 0) is 6.54 Å². The molecule has 2 unspecified atom stereocenters. The van der Waals surface area contributed by atoms with Crippen molar-refractivity contribution in [3.05, 3.63) is 12.4 Å². The highest BCUT2D eigenvalue weighted by Crippen LogP contribution is 2.31. The van der Waals surface area contributed by atoms with Crippen LogP contribution < -0.4 is 5.32 Å². The highest BCUT2D eigenvalue weighted by Gasteiger charge is 2.25. The van der Waals surface area contributed by atoms with Gasteiger partial charge in [-0.1, -0.05) is 6.92 Å². The number of nitrogens with zero attached hydrogens (tertiary/aromatic N) is 2. The Morgan fingerprint density at radius 2 is 2.38 bits per heavy atom. The summed E-state index contributed by atoms with van der Waals surface area (Å²) in [7, 11) is 0. The van der Waals surface area contributed by atoms with Crippen LogP contribution in [0.5, 0.6) is 0 Å². The van der Waals surface area contributed by atoms with E-state index in [4.69, 9.17) is 0 Å². The van der Waals surface area contributed by atoms with E-state index >= 15 is 0 Å². The minimum absolute atomic E-state index is 0.622. The Balaban J connectivity index is 1.87. The molecule has 2 atom stereocenters. The first-order valence-corrected chi connectivity index (χ1v) is 7.27. The van der Waals surface area contributed by atoms with Crippen LogP contribution in [0, 0.1) is 0 Å². The molecule has 1 aliphatic carbocycles. The van der Waals surface area contributed by atoms with Crippen LogP contribution in [0.25, 0.3) is 0 Å². The fraction of sp³-hybridized carbons (Fsp3) is 0.750. The maximum atomic E-state index is 4.37. The number of imidazole rings is 1. The highest BCUT2D eigenvalue weighted by atomic mass is 32.2. The number of nitrogens with one attached hydrogen (secondary N) is 1. The number of thioether (sulfide) groups is 1. The van der Waals surface area contributed by atoms with Gasteiger partial charge in [0, 0.05) is 30.2 Å². The minimum atomic E-state index is 0.622. The van der Waals surface area contributed by atoms with Gasteiger partial charge in [-0.2, -0.15) is 11.8 Å². The molecule has 1 aliphatic rings. The molecule has 0 amide bonds. The van der Waals surface area contributed by atoms with Gasteiger partial charge in [-0.25, -0.2) is 4.98 Å². The number of aromatic nitrogens is 2. The second kappa shape index (κ2) is 5.62. The van der Waals surface area contributed by atoms with E-state index in [1.807, 2.05) is 12.4 Å². The monoisotopic (exact) mass is 239 g/mol. The first-order chi connectivity index (χ1) is 7.83. The lowest BCUT2D eigenvalue weighted by Gasteiger charge is -2.14. The Bertz CT molecular complexity index is 324. The Hall–Kier alpha value is -0.640. The number of aryl methyl sites for hydroxylation is 1. The first kappa shape index (κ1) is 11.8. The molecule has 0 radical (unpaired) electrons. The molecule has 1 aromatic heterocycles. The van der Waals surface area contributed by atoms with E-state index in [2.05, 4.69) is 40.5 Å². The van der Waals surface area contributed by atoms with E-state index in [9.17, 15) is 0 Å². The highest BCUT2D eigenvalue weighted by molar-refractivity contribution is 7.99. The molecule has 1 aromatic rings. The Labute approximate surface area is 102 Å². The number of hydrogen-bond donors (Lipinski definition) is 1. The van der Waals surface area contributed by atoms with Gasteiger partial charge < -0.3 is 9.88 Å². The topological polar surface area (TPSA) is 29.9 Å². The molecule has 0 aromatic carbocycles. The summed E-state index contributed by atoms with van der Waals surface area (Å²) in [6.07, 6.45) is 7.83. The summed E-state index contributed by atoms with van der Waals surface area (Å²) in [6.45, 7) is 5.38. The van der Waals surface area contributed by atoms with Gasteiger partial charge in [-0.3, -0.25) is 0 Å². The lowest BCUT2D eigenvalue weighted by atomic mass is 10.2. The van der Waals surface area contributed by atoms with Gasteiger partial charge in [0.15, 0.2) is 0 Å². The zero-order valence-electron chi connectivity index (χ0n) is 10.1. The molecule has 0 saturated heterocycles. The summed E-state index contributed by atoms with van der Waals surface area (Å²) in [6, 6.07) is 0.622. The molecule has 1 fully saturated rings. The van der Waals surface area contributed by atoms with E-state index < -0.39 is 0 Å². The van der Waals surface area contributed by atoms with Gasteiger partial charge in [0.2, 0.25) is 5.95 Å². The SMILES string of the molecule is CCSC1CCC(Nc2nccn2CC)C1. The van der Waals surface area contributed by atoms with E-state index in [0.29, 0.717) is 6.04 Å². The zero-order chi connectivity index (χ0) is 11.4. The second-order valence-corrected chi connectivity index (χ2v) is 5.85. The third kappa shape index (κ3) is 2.73. The molecule has 0 spiro atoms.